The summed E-state index contributed by atoms with van der Waals surface area (Å²) in [4.78, 5) is 11.8. The number of hydrogen-bond donors (Lipinski definition) is 2. The number of carbonyl (C=O) groups excluding carboxylic acids is 1. The maximum absolute atomic E-state index is 13.0. The summed E-state index contributed by atoms with van der Waals surface area (Å²) in [7, 11) is 0. The van der Waals surface area contributed by atoms with Crippen molar-refractivity contribution in [1.82, 2.24) is 10.6 Å². The molecule has 0 radical (unpaired) electrons. The maximum atomic E-state index is 13.0. The molecule has 0 atom stereocenters. The third-order valence-corrected chi connectivity index (χ3v) is 2.87. The molecule has 1 amide bonds. The summed E-state index contributed by atoms with van der Waals surface area (Å²) in [5, 5.41) is 6.08. The van der Waals surface area contributed by atoms with E-state index in [2.05, 4.69) is 10.6 Å². The lowest BCUT2D eigenvalue weighted by Crippen LogP contribution is -2.33. The Morgan fingerprint density at radius 1 is 1.41 bits per heavy atom. The molecule has 2 N–H and O–H groups in total. The van der Waals surface area contributed by atoms with Gasteiger partial charge >= 0.3 is 0 Å². The second kappa shape index (κ2) is 5.27. The van der Waals surface area contributed by atoms with Gasteiger partial charge in [-0.1, -0.05) is 6.07 Å². The van der Waals surface area contributed by atoms with Crippen LogP contribution in [0.15, 0.2) is 18.2 Å². The normalized spacial score (nSPS) is 14.7. The highest BCUT2D eigenvalue weighted by molar-refractivity contribution is 5.95. The van der Waals surface area contributed by atoms with Gasteiger partial charge in [-0.2, -0.15) is 0 Å². The first-order valence-electron chi connectivity index (χ1n) is 5.94. The van der Waals surface area contributed by atoms with Crippen molar-refractivity contribution < 1.29 is 9.18 Å². The topological polar surface area (TPSA) is 41.1 Å². The average molecular weight is 236 g/mol. The number of rotatable bonds is 5. The summed E-state index contributed by atoms with van der Waals surface area (Å²) in [6.07, 6.45) is 2.47. The first kappa shape index (κ1) is 12.0. The fourth-order valence-electron chi connectivity index (χ4n) is 1.67. The van der Waals surface area contributed by atoms with E-state index in [9.17, 15) is 9.18 Å². The Morgan fingerprint density at radius 3 is 2.88 bits per heavy atom. The van der Waals surface area contributed by atoms with Crippen LogP contribution in [0.1, 0.15) is 28.8 Å². The van der Waals surface area contributed by atoms with Gasteiger partial charge in [0.05, 0.1) is 0 Å². The molecular formula is C13H17FN2O. The highest BCUT2D eigenvalue weighted by atomic mass is 19.1. The molecule has 2 rings (SSSR count). The fourth-order valence-corrected chi connectivity index (χ4v) is 1.67. The van der Waals surface area contributed by atoms with E-state index in [1.54, 1.807) is 13.0 Å². The van der Waals surface area contributed by atoms with E-state index < -0.39 is 0 Å². The molecule has 0 spiro atoms. The molecule has 0 aromatic heterocycles. The van der Waals surface area contributed by atoms with Crippen molar-refractivity contribution in [3.63, 3.8) is 0 Å². The fraction of sp³-hybridized carbons (Fsp3) is 0.462. The van der Waals surface area contributed by atoms with Crippen LogP contribution < -0.4 is 10.6 Å². The minimum atomic E-state index is -0.378. The van der Waals surface area contributed by atoms with Crippen LogP contribution in [0.3, 0.4) is 0 Å². The smallest absolute Gasteiger partial charge is 0.251 e. The Balaban J connectivity index is 1.82. The average Bonchev–Trinajstić information content (AvgIpc) is 3.11. The summed E-state index contributed by atoms with van der Waals surface area (Å²) in [6.45, 7) is 3.15. The molecule has 1 aliphatic rings. The summed E-state index contributed by atoms with van der Waals surface area (Å²) < 4.78 is 13.0. The molecular weight excluding hydrogens is 219 g/mol. The Hall–Kier alpha value is -1.42. The van der Waals surface area contributed by atoms with Crippen LogP contribution in [-0.2, 0) is 0 Å². The molecule has 1 aromatic carbocycles. The van der Waals surface area contributed by atoms with E-state index in [0.717, 1.165) is 12.1 Å². The van der Waals surface area contributed by atoms with Crippen molar-refractivity contribution in [2.24, 2.45) is 0 Å². The molecule has 1 aromatic rings. The zero-order valence-electron chi connectivity index (χ0n) is 9.92. The second-order valence-electron chi connectivity index (χ2n) is 4.44. The third kappa shape index (κ3) is 3.53. The molecule has 1 saturated carbocycles. The molecule has 1 fully saturated rings. The number of amides is 1. The van der Waals surface area contributed by atoms with Gasteiger partial charge in [0, 0.05) is 24.7 Å². The van der Waals surface area contributed by atoms with E-state index in [0.29, 0.717) is 18.2 Å². The van der Waals surface area contributed by atoms with E-state index in [1.807, 2.05) is 0 Å². The molecule has 0 heterocycles. The number of halogens is 1. The van der Waals surface area contributed by atoms with E-state index in [4.69, 9.17) is 0 Å². The van der Waals surface area contributed by atoms with Crippen molar-refractivity contribution in [2.45, 2.75) is 25.8 Å². The van der Waals surface area contributed by atoms with Crippen LogP contribution in [0.25, 0.3) is 0 Å². The zero-order valence-corrected chi connectivity index (χ0v) is 9.92. The highest BCUT2D eigenvalue weighted by Crippen LogP contribution is 2.17. The lowest BCUT2D eigenvalue weighted by molar-refractivity contribution is 0.0953. The molecule has 3 nitrogen and oxygen atoms in total. The summed E-state index contributed by atoms with van der Waals surface area (Å²) in [5.74, 6) is -0.587. The Bertz CT molecular complexity index is 416. The zero-order chi connectivity index (χ0) is 12.3. The van der Waals surface area contributed by atoms with Gasteiger partial charge in [0.25, 0.3) is 5.91 Å². The van der Waals surface area contributed by atoms with Crippen molar-refractivity contribution in [3.8, 4) is 0 Å². The number of benzene rings is 1. The third-order valence-electron chi connectivity index (χ3n) is 2.87. The molecule has 92 valence electrons. The lowest BCUT2D eigenvalue weighted by atomic mass is 10.1. The highest BCUT2D eigenvalue weighted by Gasteiger charge is 2.19. The van der Waals surface area contributed by atoms with Crippen molar-refractivity contribution in [2.75, 3.05) is 13.1 Å². The van der Waals surface area contributed by atoms with Crippen LogP contribution in [0, 0.1) is 12.7 Å². The van der Waals surface area contributed by atoms with Gasteiger partial charge < -0.3 is 10.6 Å². The first-order valence-corrected chi connectivity index (χ1v) is 5.94. The van der Waals surface area contributed by atoms with Gasteiger partial charge in [-0.15, -0.1) is 0 Å². The van der Waals surface area contributed by atoms with Gasteiger partial charge in [0.2, 0.25) is 0 Å². The summed E-state index contributed by atoms with van der Waals surface area (Å²) in [5.41, 5.74) is 1.20. The van der Waals surface area contributed by atoms with E-state index >= 15 is 0 Å². The monoisotopic (exact) mass is 236 g/mol. The number of hydrogen-bond acceptors (Lipinski definition) is 2. The molecule has 0 bridgehead atoms. The van der Waals surface area contributed by atoms with Crippen LogP contribution >= 0.6 is 0 Å². The van der Waals surface area contributed by atoms with Gasteiger partial charge in [-0.05, 0) is 37.5 Å². The molecule has 17 heavy (non-hydrogen) atoms. The van der Waals surface area contributed by atoms with Gasteiger partial charge in [0.1, 0.15) is 5.82 Å². The first-order chi connectivity index (χ1) is 8.16. The predicted octanol–water partition coefficient (Wildman–Crippen LogP) is 1.62. The molecule has 0 saturated heterocycles. The molecule has 4 heteroatoms. The van der Waals surface area contributed by atoms with Crippen molar-refractivity contribution in [1.29, 1.82) is 0 Å². The second-order valence-corrected chi connectivity index (χ2v) is 4.44. The quantitative estimate of drug-likeness (QED) is 0.763. The maximum Gasteiger partial charge on any atom is 0.251 e. The van der Waals surface area contributed by atoms with Crippen LogP contribution in [0.4, 0.5) is 4.39 Å². The van der Waals surface area contributed by atoms with E-state index in [-0.39, 0.29) is 11.7 Å². The molecule has 0 aliphatic heterocycles. The molecule has 0 unspecified atom stereocenters. The number of carbonyl (C=O) groups is 1. The minimum absolute atomic E-state index is 0.209. The van der Waals surface area contributed by atoms with Crippen LogP contribution in [-0.4, -0.2) is 25.0 Å². The standard InChI is InChI=1S/C13H17FN2O/c1-9-2-3-10(14)8-12(9)13(17)16-7-6-15-11-4-5-11/h2-3,8,11,15H,4-7H2,1H3,(H,16,17). The van der Waals surface area contributed by atoms with Gasteiger partial charge in [0.15, 0.2) is 0 Å². The Kier molecular flexibility index (Phi) is 3.74. The Morgan fingerprint density at radius 2 is 2.18 bits per heavy atom. The van der Waals surface area contributed by atoms with E-state index in [1.165, 1.54) is 25.0 Å². The van der Waals surface area contributed by atoms with Crippen LogP contribution in [0.5, 0.6) is 0 Å². The van der Waals surface area contributed by atoms with Crippen molar-refractivity contribution >= 4 is 5.91 Å². The lowest BCUT2D eigenvalue weighted by Gasteiger charge is -2.08. The number of aryl methyl sites for hydroxylation is 1. The number of nitrogens with one attached hydrogen (secondary N) is 2. The summed E-state index contributed by atoms with van der Waals surface area (Å²) in [6, 6.07) is 4.90. The summed E-state index contributed by atoms with van der Waals surface area (Å²) >= 11 is 0. The largest absolute Gasteiger partial charge is 0.351 e. The van der Waals surface area contributed by atoms with Gasteiger partial charge in [-0.3, -0.25) is 4.79 Å². The van der Waals surface area contributed by atoms with Crippen LogP contribution in [0.2, 0.25) is 0 Å². The SMILES string of the molecule is Cc1ccc(F)cc1C(=O)NCCNC1CC1. The minimum Gasteiger partial charge on any atom is -0.351 e. The van der Waals surface area contributed by atoms with Gasteiger partial charge in [-0.25, -0.2) is 4.39 Å². The van der Waals surface area contributed by atoms with Crippen molar-refractivity contribution in [3.05, 3.63) is 35.1 Å². The molecule has 1 aliphatic carbocycles. The predicted molar refractivity (Wildman–Crippen MR) is 64.5 cm³/mol. The Labute approximate surface area is 100 Å².